The summed E-state index contributed by atoms with van der Waals surface area (Å²) in [6, 6.07) is 30.1. The molecule has 0 atom stereocenters. The van der Waals surface area contributed by atoms with Gasteiger partial charge in [-0.3, -0.25) is 9.11 Å². The molecule has 0 bridgehead atoms. The minimum atomic E-state index is -4.72. The first-order chi connectivity index (χ1) is 33.5. The number of aromatic nitrogens is 1. The molecule has 0 radical (unpaired) electrons. The maximum Gasteiger partial charge on any atom is 0.319 e. The van der Waals surface area contributed by atoms with Crippen LogP contribution in [0.25, 0.3) is 21.9 Å². The van der Waals surface area contributed by atoms with E-state index >= 15 is 0 Å². The van der Waals surface area contributed by atoms with E-state index in [-0.39, 0.29) is 76.7 Å². The molecule has 7 rings (SSSR count). The number of benzene rings is 5. The zero-order valence-electron chi connectivity index (χ0n) is 36.9. The summed E-state index contributed by atoms with van der Waals surface area (Å²) < 4.78 is 68.2. The van der Waals surface area contributed by atoms with E-state index in [1.165, 1.54) is 30.3 Å². The van der Waals surface area contributed by atoms with E-state index in [2.05, 4.69) is 65.8 Å². The molecule has 0 aliphatic heterocycles. The molecule has 0 aliphatic rings. The number of thiophene rings is 1. The van der Waals surface area contributed by atoms with Crippen LogP contribution in [0.5, 0.6) is 0 Å². The van der Waals surface area contributed by atoms with Crippen molar-refractivity contribution in [2.75, 3.05) is 22.5 Å². The lowest BCUT2D eigenvalue weighted by molar-refractivity contribution is 0.252. The zero-order chi connectivity index (χ0) is 50.2. The monoisotopic (exact) mass is 1040 g/mol. The molecular weight excluding hydrogens is 998 g/mol. The van der Waals surface area contributed by atoms with E-state index in [0.717, 1.165) is 43.1 Å². The number of amides is 2. The van der Waals surface area contributed by atoms with Gasteiger partial charge in [0, 0.05) is 45.1 Å². The van der Waals surface area contributed by atoms with Crippen LogP contribution < -0.4 is 21.3 Å². The number of nitrogens with zero attached hydrogens (tertiary/aromatic N) is 7. The molecular formula is C47H39Cl2N11O7S3. The molecule has 0 aliphatic carbocycles. The van der Waals surface area contributed by atoms with Gasteiger partial charge in [-0.1, -0.05) is 91.1 Å². The Hall–Kier alpha value is -7.34. The molecule has 2 amide bonds. The number of halogens is 2. The normalized spacial score (nSPS) is 11.7. The Morgan fingerprint density at radius 1 is 0.729 bits per heavy atom. The zero-order valence-corrected chi connectivity index (χ0v) is 40.9. The highest BCUT2D eigenvalue weighted by Gasteiger charge is 2.24. The lowest BCUT2D eigenvalue weighted by atomic mass is 10.0. The first-order valence-corrected chi connectivity index (χ1v) is 25.5. The number of fused-ring (bicyclic) bond motifs is 1. The average molecular weight is 1040 g/mol. The Bertz CT molecular complexity index is 3520. The van der Waals surface area contributed by atoms with Crippen LogP contribution in [0.15, 0.2) is 133 Å². The number of pyridine rings is 1. The summed E-state index contributed by atoms with van der Waals surface area (Å²) in [6.45, 7) is 4.21. The fraction of sp³-hybridized carbons (Fsp3) is 0.149. The number of rotatable bonds is 17. The summed E-state index contributed by atoms with van der Waals surface area (Å²) in [5, 5.41) is 52.1. The minimum Gasteiger partial charge on any atom is -0.339 e. The number of nitrogens with one attached hydrogen (secondary N) is 4. The Kier molecular flexibility index (Phi) is 15.8. The quantitative estimate of drug-likeness (QED) is 0.0282. The first kappa shape index (κ1) is 50.5. The number of hydrogen-bond acceptors (Lipinski definition) is 15. The summed E-state index contributed by atoms with van der Waals surface area (Å²) >= 11 is 13.2. The van der Waals surface area contributed by atoms with Crippen LogP contribution in [-0.4, -0.2) is 43.5 Å². The van der Waals surface area contributed by atoms with Crippen LogP contribution in [-0.2, 0) is 20.2 Å². The molecule has 6 N–H and O–H groups in total. The summed E-state index contributed by atoms with van der Waals surface area (Å²) in [5.41, 5.74) is 2.44. The molecule has 23 heteroatoms. The molecule has 2 aromatic heterocycles. The van der Waals surface area contributed by atoms with E-state index in [9.17, 15) is 41.3 Å². The third kappa shape index (κ3) is 12.1. The van der Waals surface area contributed by atoms with Gasteiger partial charge in [0.2, 0.25) is 0 Å². The van der Waals surface area contributed by atoms with Crippen LogP contribution >= 0.6 is 34.5 Å². The predicted molar refractivity (Wildman–Crippen MR) is 271 cm³/mol. The molecule has 70 heavy (non-hydrogen) atoms. The maximum absolute atomic E-state index is 12.7. The molecule has 18 nitrogen and oxygen atoms in total. The number of anilines is 5. The van der Waals surface area contributed by atoms with Gasteiger partial charge in [0.25, 0.3) is 20.2 Å². The van der Waals surface area contributed by atoms with Gasteiger partial charge in [0.1, 0.15) is 38.2 Å². The average Bonchev–Trinajstić information content (AvgIpc) is 3.68. The van der Waals surface area contributed by atoms with Gasteiger partial charge in [-0.05, 0) is 97.1 Å². The van der Waals surface area contributed by atoms with Gasteiger partial charge in [-0.15, -0.1) is 20.5 Å². The molecule has 5 aromatic carbocycles. The summed E-state index contributed by atoms with van der Waals surface area (Å²) in [7, 11) is -9.32. The van der Waals surface area contributed by atoms with Crippen molar-refractivity contribution in [3.63, 3.8) is 0 Å². The van der Waals surface area contributed by atoms with E-state index in [0.29, 0.717) is 39.5 Å². The lowest BCUT2D eigenvalue weighted by Gasteiger charge is -2.16. The van der Waals surface area contributed by atoms with Crippen LogP contribution in [0.4, 0.5) is 54.9 Å². The van der Waals surface area contributed by atoms with Crippen LogP contribution in [0.1, 0.15) is 49.3 Å². The fourth-order valence-corrected chi connectivity index (χ4v) is 9.75. The molecule has 0 saturated carbocycles. The van der Waals surface area contributed by atoms with Gasteiger partial charge in [0.05, 0.1) is 16.3 Å². The topological polar surface area (TPSA) is 284 Å². The number of nitriles is 2. The highest BCUT2D eigenvalue weighted by atomic mass is 35.5. The molecule has 7 aromatic rings. The third-order valence-electron chi connectivity index (χ3n) is 10.4. The molecule has 0 fully saturated rings. The molecule has 2 heterocycles. The van der Waals surface area contributed by atoms with E-state index < -0.39 is 25.1 Å². The summed E-state index contributed by atoms with van der Waals surface area (Å²) in [4.78, 5) is 16.4. The minimum absolute atomic E-state index is 0.0211. The van der Waals surface area contributed by atoms with Gasteiger partial charge >= 0.3 is 6.03 Å². The lowest BCUT2D eigenvalue weighted by Crippen LogP contribution is -2.29. The number of hydrogen-bond donors (Lipinski definition) is 6. The Labute approximate surface area is 416 Å². The van der Waals surface area contributed by atoms with Crippen LogP contribution in [0, 0.1) is 29.6 Å². The summed E-state index contributed by atoms with van der Waals surface area (Å²) in [5.74, 6) is 0.0375. The molecule has 356 valence electrons. The van der Waals surface area contributed by atoms with Crippen molar-refractivity contribution < 1.29 is 30.7 Å². The van der Waals surface area contributed by atoms with Crippen molar-refractivity contribution in [3.05, 3.63) is 130 Å². The summed E-state index contributed by atoms with van der Waals surface area (Å²) in [6.07, 6.45) is 3.99. The van der Waals surface area contributed by atoms with Crippen molar-refractivity contribution in [3.8, 4) is 23.3 Å². The second-order valence-corrected chi connectivity index (χ2v) is 19.9. The fourth-order valence-electron chi connectivity index (χ4n) is 7.00. The highest BCUT2D eigenvalue weighted by Crippen LogP contribution is 2.49. The number of carbonyl (C=O) groups excluding carboxylic acids is 1. The number of carbonyl (C=O) groups is 1. The number of azo groups is 2. The van der Waals surface area contributed by atoms with Crippen LogP contribution in [0.2, 0.25) is 10.0 Å². The predicted octanol–water partition coefficient (Wildman–Crippen LogP) is 13.8. The van der Waals surface area contributed by atoms with Crippen molar-refractivity contribution in [1.29, 1.82) is 10.5 Å². The molecule has 0 saturated heterocycles. The standard InChI is InChI=1S/C47H39Cl2N11O7S3/c1-3-4-5-6-22-52-47(61)55-32-15-11-29(12-16-32)41-37(26-51)45(68-46(41)60-57-34-17-10-28-8-7-9-39(35(28)23-34)69(62,63)64)59-58-42-27(2)36(25-50)43(56-44(42)53-31-18-13-30(48)14-19-31)54-33-20-21-38(49)40(24-33)70(65,66)67/h7-21,23-24H,3-6,22H2,1-2H3,(H2,52,55,61)(H2,53,54,56)(H,62,63,64)(H,65,66,67). The first-order valence-electron chi connectivity index (χ1n) is 21.0. The van der Waals surface area contributed by atoms with Crippen LogP contribution in [0.3, 0.4) is 0 Å². The second kappa shape index (κ2) is 22.0. The van der Waals surface area contributed by atoms with Gasteiger partial charge in [-0.2, -0.15) is 27.4 Å². The Morgan fingerprint density at radius 3 is 2.09 bits per heavy atom. The van der Waals surface area contributed by atoms with E-state index in [4.69, 9.17) is 23.2 Å². The van der Waals surface area contributed by atoms with E-state index in [1.807, 2.05) is 0 Å². The van der Waals surface area contributed by atoms with Crippen molar-refractivity contribution in [2.24, 2.45) is 20.5 Å². The smallest absolute Gasteiger partial charge is 0.319 e. The maximum atomic E-state index is 12.7. The number of urea groups is 1. The van der Waals surface area contributed by atoms with Crippen molar-refractivity contribution in [1.82, 2.24) is 10.3 Å². The van der Waals surface area contributed by atoms with Gasteiger partial charge < -0.3 is 21.3 Å². The van der Waals surface area contributed by atoms with Gasteiger partial charge in [-0.25, -0.2) is 9.78 Å². The van der Waals surface area contributed by atoms with Crippen molar-refractivity contribution in [2.45, 2.75) is 49.3 Å². The highest BCUT2D eigenvalue weighted by molar-refractivity contribution is 7.86. The molecule has 0 spiro atoms. The largest absolute Gasteiger partial charge is 0.339 e. The molecule has 0 unspecified atom stereocenters. The number of unbranched alkanes of at least 4 members (excludes halogenated alkanes) is 3. The second-order valence-electron chi connectivity index (χ2n) is 15.3. The van der Waals surface area contributed by atoms with E-state index in [1.54, 1.807) is 73.7 Å². The third-order valence-corrected chi connectivity index (χ3v) is 13.9. The SMILES string of the molecule is CCCCCCNC(=O)Nc1ccc(-c2c(N=Nc3ccc4cccc(S(=O)(=O)O)c4c3)sc(N=Nc3c(Nc4ccc(Cl)cc4)nc(Nc4ccc(Cl)c(S(=O)(=O)O)c4)c(C#N)c3C)c2C#N)cc1. The Balaban J connectivity index is 1.32. The Morgan fingerprint density at radius 2 is 1.40 bits per heavy atom. The van der Waals surface area contributed by atoms with Gasteiger partial charge in [0.15, 0.2) is 16.6 Å². The van der Waals surface area contributed by atoms with Crippen molar-refractivity contribution >= 4 is 122 Å².